The molecule has 0 radical (unpaired) electrons. The van der Waals surface area contributed by atoms with E-state index in [2.05, 4.69) is 20.8 Å². The Morgan fingerprint density at radius 3 is 2.72 bits per heavy atom. The summed E-state index contributed by atoms with van der Waals surface area (Å²) in [5.41, 5.74) is 1.40. The lowest BCUT2D eigenvalue weighted by Crippen LogP contribution is -2.39. The van der Waals surface area contributed by atoms with E-state index < -0.39 is 12.0 Å². The highest BCUT2D eigenvalue weighted by atomic mass is 79.9. The number of morpholine rings is 1. The Morgan fingerprint density at radius 1 is 1.21 bits per heavy atom. The minimum Gasteiger partial charge on any atom is -0.463 e. The van der Waals surface area contributed by atoms with Gasteiger partial charge in [-0.2, -0.15) is 0 Å². The number of esters is 1. The van der Waals surface area contributed by atoms with Crippen LogP contribution in [-0.4, -0.2) is 43.4 Å². The molecule has 8 nitrogen and oxygen atoms in total. The van der Waals surface area contributed by atoms with Crippen LogP contribution in [0.3, 0.4) is 0 Å². The molecule has 1 atom stereocenters. The van der Waals surface area contributed by atoms with Crippen molar-refractivity contribution in [2.75, 3.05) is 37.8 Å². The fraction of sp³-hybridized carbons (Fsp3) is 0.250. The zero-order valence-electron chi connectivity index (χ0n) is 21.0. The average molecular weight is 627 g/mol. The summed E-state index contributed by atoms with van der Waals surface area (Å²) < 4.78 is 20.0. The van der Waals surface area contributed by atoms with E-state index in [1.807, 2.05) is 53.9 Å². The van der Waals surface area contributed by atoms with Crippen LogP contribution in [0.4, 0.5) is 5.88 Å². The molecule has 39 heavy (non-hydrogen) atoms. The van der Waals surface area contributed by atoms with E-state index in [1.54, 1.807) is 17.6 Å². The number of thiophene rings is 1. The number of benzene rings is 1. The van der Waals surface area contributed by atoms with Crippen LogP contribution in [0.1, 0.15) is 29.2 Å². The summed E-state index contributed by atoms with van der Waals surface area (Å²) >= 11 is 6.35. The number of fused-ring (bicyclic) bond motifs is 1. The number of rotatable bonds is 6. The maximum Gasteiger partial charge on any atom is 0.338 e. The molecule has 0 bridgehead atoms. The summed E-state index contributed by atoms with van der Waals surface area (Å²) in [5.74, 6) is 0.775. The molecule has 0 spiro atoms. The van der Waals surface area contributed by atoms with E-state index in [0.29, 0.717) is 45.5 Å². The number of nitrogens with zero attached hydrogens (tertiary/aromatic N) is 3. The molecule has 200 valence electrons. The van der Waals surface area contributed by atoms with Gasteiger partial charge in [0.2, 0.25) is 5.88 Å². The van der Waals surface area contributed by atoms with E-state index in [9.17, 15) is 9.59 Å². The normalized spacial score (nSPS) is 17.7. The number of carbonyl (C=O) groups is 1. The summed E-state index contributed by atoms with van der Waals surface area (Å²) in [7, 11) is 0. The van der Waals surface area contributed by atoms with Crippen LogP contribution in [-0.2, 0) is 14.3 Å². The lowest BCUT2D eigenvalue weighted by atomic mass is 9.97. The van der Waals surface area contributed by atoms with E-state index in [-0.39, 0.29) is 12.2 Å². The fourth-order valence-corrected chi connectivity index (χ4v) is 7.08. The van der Waals surface area contributed by atoms with Crippen LogP contribution < -0.4 is 19.8 Å². The van der Waals surface area contributed by atoms with Crippen molar-refractivity contribution < 1.29 is 18.7 Å². The van der Waals surface area contributed by atoms with Gasteiger partial charge in [0.15, 0.2) is 4.80 Å². The minimum absolute atomic E-state index is 0.213. The van der Waals surface area contributed by atoms with Crippen molar-refractivity contribution in [3.63, 3.8) is 0 Å². The zero-order chi connectivity index (χ0) is 26.9. The molecule has 0 amide bonds. The molecule has 0 aliphatic carbocycles. The van der Waals surface area contributed by atoms with Crippen molar-refractivity contribution in [3.05, 3.63) is 99.8 Å². The second-order valence-electron chi connectivity index (χ2n) is 8.85. The fourth-order valence-electron chi connectivity index (χ4n) is 4.72. The van der Waals surface area contributed by atoms with Gasteiger partial charge in [0.05, 0.1) is 40.1 Å². The second-order valence-corrected chi connectivity index (χ2v) is 11.7. The molecule has 11 heteroatoms. The molecule has 0 saturated carbocycles. The van der Waals surface area contributed by atoms with Crippen molar-refractivity contribution in [2.45, 2.75) is 13.0 Å². The third kappa shape index (κ3) is 4.95. The molecule has 1 fully saturated rings. The lowest BCUT2D eigenvalue weighted by molar-refractivity contribution is -0.138. The Bertz CT molecular complexity index is 1710. The van der Waals surface area contributed by atoms with Crippen LogP contribution >= 0.6 is 38.6 Å². The molecule has 1 saturated heterocycles. The average Bonchev–Trinajstić information content (AvgIpc) is 3.69. The van der Waals surface area contributed by atoms with Crippen LogP contribution in [0.25, 0.3) is 11.8 Å². The summed E-state index contributed by atoms with van der Waals surface area (Å²) in [4.78, 5) is 35.7. The van der Waals surface area contributed by atoms with E-state index in [0.717, 1.165) is 28.0 Å². The maximum absolute atomic E-state index is 13.9. The molecule has 0 unspecified atom stereocenters. The number of thiazole rings is 1. The Kier molecular flexibility index (Phi) is 7.39. The molecule has 0 N–H and O–H groups in total. The highest BCUT2D eigenvalue weighted by Crippen LogP contribution is 2.37. The van der Waals surface area contributed by atoms with Gasteiger partial charge in [0.25, 0.3) is 5.56 Å². The predicted octanol–water partition coefficient (Wildman–Crippen LogP) is 4.19. The number of carbonyl (C=O) groups excluding carboxylic acids is 1. The summed E-state index contributed by atoms with van der Waals surface area (Å²) in [6.45, 7) is 4.71. The lowest BCUT2D eigenvalue weighted by Gasteiger charge is -2.26. The van der Waals surface area contributed by atoms with Crippen molar-refractivity contribution in [1.82, 2.24) is 4.57 Å². The SMILES string of the molecule is CCOC(=O)C1=C(c2ccccc2)N=c2s/c(=C/c3cc(Br)c(N4CCOCC4)o3)c(=O)n2[C@H]1c1cccs1. The van der Waals surface area contributed by atoms with Gasteiger partial charge in [-0.15, -0.1) is 11.3 Å². The van der Waals surface area contributed by atoms with Gasteiger partial charge in [0, 0.05) is 35.7 Å². The standard InChI is InChI=1S/C28H24BrN3O5S2/c1-2-36-27(34)22-23(17-7-4-3-5-8-17)30-28-32(24(22)20-9-6-14-38-20)25(33)21(39-28)16-18-15-19(29)26(37-18)31-10-12-35-13-11-31/h3-9,14-16,24H,2,10-13H2,1H3/b21-16+/t24-/m0/s1. The van der Waals surface area contributed by atoms with Gasteiger partial charge in [-0.05, 0) is 34.3 Å². The molecule has 5 heterocycles. The summed E-state index contributed by atoms with van der Waals surface area (Å²) in [6, 6.07) is 14.6. The maximum atomic E-state index is 13.9. The van der Waals surface area contributed by atoms with E-state index in [1.165, 1.54) is 22.7 Å². The molecule has 2 aliphatic rings. The minimum atomic E-state index is -0.662. The number of aromatic nitrogens is 1. The number of furan rings is 1. The quantitative estimate of drug-likeness (QED) is 0.299. The van der Waals surface area contributed by atoms with Gasteiger partial charge in [0.1, 0.15) is 11.8 Å². The largest absolute Gasteiger partial charge is 0.463 e. The first-order valence-corrected chi connectivity index (χ1v) is 15.0. The topological polar surface area (TPSA) is 86.3 Å². The first-order chi connectivity index (χ1) is 19.0. The predicted molar refractivity (Wildman–Crippen MR) is 155 cm³/mol. The molecule has 3 aromatic heterocycles. The van der Waals surface area contributed by atoms with Crippen molar-refractivity contribution in [2.24, 2.45) is 4.99 Å². The zero-order valence-corrected chi connectivity index (χ0v) is 24.2. The van der Waals surface area contributed by atoms with Gasteiger partial charge < -0.3 is 18.8 Å². The number of hydrogen-bond donors (Lipinski definition) is 0. The molecule has 2 aliphatic heterocycles. The molecular weight excluding hydrogens is 602 g/mol. The van der Waals surface area contributed by atoms with Gasteiger partial charge >= 0.3 is 5.97 Å². The Labute approximate surface area is 240 Å². The van der Waals surface area contributed by atoms with Crippen molar-refractivity contribution in [1.29, 1.82) is 0 Å². The number of hydrogen-bond acceptors (Lipinski definition) is 9. The third-order valence-electron chi connectivity index (χ3n) is 6.45. The summed E-state index contributed by atoms with van der Waals surface area (Å²) in [6.07, 6.45) is 1.74. The highest BCUT2D eigenvalue weighted by molar-refractivity contribution is 9.10. The first kappa shape index (κ1) is 26.0. The highest BCUT2D eigenvalue weighted by Gasteiger charge is 2.35. The third-order valence-corrected chi connectivity index (χ3v) is 8.92. The second kappa shape index (κ2) is 11.1. The van der Waals surface area contributed by atoms with Crippen molar-refractivity contribution >= 4 is 62.2 Å². The first-order valence-electron chi connectivity index (χ1n) is 12.5. The smallest absolute Gasteiger partial charge is 0.338 e. The van der Waals surface area contributed by atoms with Crippen molar-refractivity contribution in [3.8, 4) is 0 Å². The summed E-state index contributed by atoms with van der Waals surface area (Å²) in [5, 5.41) is 1.93. The molecule has 6 rings (SSSR count). The molecule has 4 aromatic rings. The van der Waals surface area contributed by atoms with E-state index >= 15 is 0 Å². The number of halogens is 1. The monoisotopic (exact) mass is 625 g/mol. The van der Waals surface area contributed by atoms with Gasteiger partial charge in [-0.3, -0.25) is 9.36 Å². The van der Waals surface area contributed by atoms with Gasteiger partial charge in [-0.25, -0.2) is 9.79 Å². The van der Waals surface area contributed by atoms with Crippen LogP contribution in [0.15, 0.2) is 78.2 Å². The van der Waals surface area contributed by atoms with Crippen LogP contribution in [0, 0.1) is 0 Å². The number of ether oxygens (including phenoxy) is 2. The van der Waals surface area contributed by atoms with Crippen LogP contribution in [0.2, 0.25) is 0 Å². The van der Waals surface area contributed by atoms with Gasteiger partial charge in [-0.1, -0.05) is 47.7 Å². The Hall–Kier alpha value is -3.25. The number of anilines is 1. The van der Waals surface area contributed by atoms with Crippen LogP contribution in [0.5, 0.6) is 0 Å². The van der Waals surface area contributed by atoms with E-state index in [4.69, 9.17) is 18.9 Å². The Morgan fingerprint density at radius 2 is 2.00 bits per heavy atom. The molecule has 1 aromatic carbocycles. The Balaban J connectivity index is 1.53. The molecular formula is C28H24BrN3O5S2.